The summed E-state index contributed by atoms with van der Waals surface area (Å²) in [6, 6.07) is 0. The summed E-state index contributed by atoms with van der Waals surface area (Å²) in [6.07, 6.45) is 2.99. The van der Waals surface area contributed by atoms with Gasteiger partial charge in [0.1, 0.15) is 5.69 Å². The molecule has 0 atom stereocenters. The number of hydrogen-bond acceptors (Lipinski definition) is 3. The molecule has 0 saturated heterocycles. The first-order valence-corrected chi connectivity index (χ1v) is 4.51. The van der Waals surface area contributed by atoms with E-state index >= 15 is 0 Å². The van der Waals surface area contributed by atoms with E-state index in [1.165, 1.54) is 6.33 Å². The van der Waals surface area contributed by atoms with Crippen molar-refractivity contribution < 1.29 is 4.79 Å². The van der Waals surface area contributed by atoms with Crippen LogP contribution in [-0.2, 0) is 0 Å². The van der Waals surface area contributed by atoms with Gasteiger partial charge >= 0.3 is 0 Å². The smallest absolute Gasteiger partial charge is 0.197 e. The number of H-pyrrole nitrogens is 1. The van der Waals surface area contributed by atoms with Gasteiger partial charge in [0.2, 0.25) is 0 Å². The zero-order valence-electron chi connectivity index (χ0n) is 7.99. The molecule has 1 heterocycles. The number of carbonyl (C=O) groups excluding carboxylic acids is 1. The number of hydrogen-bond donors (Lipinski definition) is 1. The van der Waals surface area contributed by atoms with Crippen molar-refractivity contribution in [2.75, 3.05) is 20.0 Å². The van der Waals surface area contributed by atoms with Gasteiger partial charge in [0.15, 0.2) is 11.6 Å². The van der Waals surface area contributed by atoms with Crippen molar-refractivity contribution >= 4 is 29.5 Å². The van der Waals surface area contributed by atoms with Crippen molar-refractivity contribution in [2.24, 2.45) is 4.99 Å². The average Bonchev–Trinajstić information content (AvgIpc) is 2.61. The third-order valence-corrected chi connectivity index (χ3v) is 1.67. The molecule has 1 N–H and O–H groups in total. The summed E-state index contributed by atoms with van der Waals surface area (Å²) in [5, 5.41) is 0. The van der Waals surface area contributed by atoms with Gasteiger partial charge < -0.3 is 9.88 Å². The van der Waals surface area contributed by atoms with Gasteiger partial charge in [-0.1, -0.05) is 0 Å². The van der Waals surface area contributed by atoms with Gasteiger partial charge in [0, 0.05) is 14.1 Å². The van der Waals surface area contributed by atoms with E-state index in [1.807, 2.05) is 14.1 Å². The summed E-state index contributed by atoms with van der Waals surface area (Å²) in [4.78, 5) is 23.6. The van der Waals surface area contributed by atoms with Crippen LogP contribution in [0.4, 0.5) is 5.82 Å². The van der Waals surface area contributed by atoms with Gasteiger partial charge in [0.05, 0.1) is 18.5 Å². The monoisotopic (exact) mass is 214 g/mol. The third kappa shape index (κ3) is 2.56. The van der Waals surface area contributed by atoms with Crippen LogP contribution in [0.5, 0.6) is 0 Å². The highest BCUT2D eigenvalue weighted by atomic mass is 35.5. The number of rotatable bonds is 4. The lowest BCUT2D eigenvalue weighted by molar-refractivity contribution is 0.101. The van der Waals surface area contributed by atoms with Crippen molar-refractivity contribution in [3.63, 3.8) is 0 Å². The average molecular weight is 215 g/mol. The van der Waals surface area contributed by atoms with E-state index in [0.29, 0.717) is 11.5 Å². The zero-order valence-corrected chi connectivity index (χ0v) is 8.75. The highest BCUT2D eigenvalue weighted by Gasteiger charge is 2.11. The standard InChI is InChI=1S/C8H11ClN4O/c1-13(2)5-12-8-7(6(14)3-9)10-4-11-8/h4-5H,3H2,1-2H3,(H,10,11)/b12-5+. The second-order valence-corrected chi connectivity index (χ2v) is 3.13. The van der Waals surface area contributed by atoms with Crippen molar-refractivity contribution in [3.8, 4) is 0 Å². The maximum absolute atomic E-state index is 11.2. The van der Waals surface area contributed by atoms with E-state index in [-0.39, 0.29) is 11.7 Å². The van der Waals surface area contributed by atoms with E-state index in [0.717, 1.165) is 0 Å². The molecule has 0 spiro atoms. The Hall–Kier alpha value is -1.36. The third-order valence-electron chi connectivity index (χ3n) is 1.43. The number of aromatic nitrogens is 2. The molecular weight excluding hydrogens is 204 g/mol. The van der Waals surface area contributed by atoms with Crippen LogP contribution in [0, 0.1) is 0 Å². The van der Waals surface area contributed by atoms with Crippen LogP contribution < -0.4 is 0 Å². The Kier molecular flexibility index (Phi) is 3.64. The molecule has 0 aliphatic carbocycles. The van der Waals surface area contributed by atoms with Crippen LogP contribution in [-0.4, -0.2) is 47.0 Å². The van der Waals surface area contributed by atoms with Crippen LogP contribution in [0.2, 0.25) is 0 Å². The highest BCUT2D eigenvalue weighted by Crippen LogP contribution is 2.13. The second kappa shape index (κ2) is 4.76. The fraction of sp³-hybridized carbons (Fsp3) is 0.375. The number of alkyl halides is 1. The van der Waals surface area contributed by atoms with E-state index in [4.69, 9.17) is 11.6 Å². The summed E-state index contributed by atoms with van der Waals surface area (Å²) >= 11 is 5.42. The number of nitrogens with zero attached hydrogens (tertiary/aromatic N) is 3. The van der Waals surface area contributed by atoms with E-state index < -0.39 is 0 Å². The fourth-order valence-corrected chi connectivity index (χ4v) is 0.961. The summed E-state index contributed by atoms with van der Waals surface area (Å²) < 4.78 is 0. The number of aliphatic imine (C=N–C) groups is 1. The van der Waals surface area contributed by atoms with Crippen LogP contribution in [0.3, 0.4) is 0 Å². The molecule has 0 bridgehead atoms. The number of carbonyl (C=O) groups is 1. The summed E-state index contributed by atoms with van der Waals surface area (Å²) in [5.41, 5.74) is 0.345. The maximum Gasteiger partial charge on any atom is 0.197 e. The molecule has 0 aromatic carbocycles. The van der Waals surface area contributed by atoms with E-state index in [1.54, 1.807) is 11.2 Å². The molecule has 0 unspecified atom stereocenters. The topological polar surface area (TPSA) is 61.4 Å². The van der Waals surface area contributed by atoms with Gasteiger partial charge in [0.25, 0.3) is 0 Å². The zero-order chi connectivity index (χ0) is 10.6. The highest BCUT2D eigenvalue weighted by molar-refractivity contribution is 6.30. The van der Waals surface area contributed by atoms with Gasteiger partial charge in [-0.05, 0) is 0 Å². The molecular formula is C8H11ClN4O. The molecule has 5 nitrogen and oxygen atoms in total. The Bertz CT molecular complexity index is 345. The van der Waals surface area contributed by atoms with Crippen LogP contribution >= 0.6 is 11.6 Å². The summed E-state index contributed by atoms with van der Waals surface area (Å²) in [5.74, 6) is 0.0755. The van der Waals surface area contributed by atoms with Gasteiger partial charge in [-0.15, -0.1) is 11.6 Å². The molecule has 0 radical (unpaired) electrons. The minimum atomic E-state index is -0.213. The Morgan fingerprint density at radius 2 is 2.50 bits per heavy atom. The van der Waals surface area contributed by atoms with E-state index in [2.05, 4.69) is 15.0 Å². The number of halogens is 1. The summed E-state index contributed by atoms with van der Waals surface area (Å²) in [6.45, 7) is 0. The van der Waals surface area contributed by atoms with Gasteiger partial charge in [-0.2, -0.15) is 0 Å². The number of imidazole rings is 1. The quantitative estimate of drug-likeness (QED) is 0.353. The molecule has 0 fully saturated rings. The first-order chi connectivity index (χ1) is 6.65. The molecule has 14 heavy (non-hydrogen) atoms. The van der Waals surface area contributed by atoms with Crippen LogP contribution in [0.25, 0.3) is 0 Å². The van der Waals surface area contributed by atoms with Crippen molar-refractivity contribution in [3.05, 3.63) is 12.0 Å². The number of ketones is 1. The molecule has 76 valence electrons. The lowest BCUT2D eigenvalue weighted by Gasteiger charge is -2.01. The van der Waals surface area contributed by atoms with Crippen molar-refractivity contribution in [1.29, 1.82) is 0 Å². The maximum atomic E-state index is 11.2. The predicted octanol–water partition coefficient (Wildman–Crippen LogP) is 1.05. The Morgan fingerprint density at radius 1 is 1.79 bits per heavy atom. The van der Waals surface area contributed by atoms with E-state index in [9.17, 15) is 4.79 Å². The predicted molar refractivity (Wildman–Crippen MR) is 55.5 cm³/mol. The number of nitrogens with one attached hydrogen (secondary N) is 1. The number of aromatic amines is 1. The fourth-order valence-electron chi connectivity index (χ4n) is 0.827. The molecule has 1 rings (SSSR count). The van der Waals surface area contributed by atoms with Gasteiger partial charge in [-0.3, -0.25) is 4.79 Å². The van der Waals surface area contributed by atoms with Crippen LogP contribution in [0.15, 0.2) is 11.3 Å². The number of Topliss-reactive ketones (excluding diaryl/α,β-unsaturated/α-hetero) is 1. The molecule has 0 aliphatic heterocycles. The largest absolute Gasteiger partial charge is 0.369 e. The molecule has 6 heteroatoms. The molecule has 1 aromatic rings. The van der Waals surface area contributed by atoms with Crippen LogP contribution in [0.1, 0.15) is 10.5 Å². The van der Waals surface area contributed by atoms with Gasteiger partial charge in [-0.25, -0.2) is 9.98 Å². The lowest BCUT2D eigenvalue weighted by atomic mass is 10.3. The normalized spacial score (nSPS) is 10.8. The minimum Gasteiger partial charge on any atom is -0.369 e. The molecule has 0 saturated carbocycles. The Morgan fingerprint density at radius 3 is 3.07 bits per heavy atom. The first kappa shape index (κ1) is 10.7. The SMILES string of the molecule is CN(C)/C=N/c1nc[nH]c1C(=O)CCl. The second-order valence-electron chi connectivity index (χ2n) is 2.87. The first-order valence-electron chi connectivity index (χ1n) is 3.98. The Balaban J connectivity index is 2.88. The molecule has 1 aromatic heterocycles. The Labute approximate surface area is 86.8 Å². The minimum absolute atomic E-state index is 0.0767. The van der Waals surface area contributed by atoms with Crippen molar-refractivity contribution in [1.82, 2.24) is 14.9 Å². The molecule has 0 aliphatic rings. The van der Waals surface area contributed by atoms with Crippen molar-refractivity contribution in [2.45, 2.75) is 0 Å². The molecule has 0 amide bonds. The lowest BCUT2D eigenvalue weighted by Crippen LogP contribution is -2.07. The summed E-state index contributed by atoms with van der Waals surface area (Å²) in [7, 11) is 3.67.